The molecule has 9 saturated carbocycles. The van der Waals surface area contributed by atoms with E-state index in [2.05, 4.69) is 0 Å². The van der Waals surface area contributed by atoms with Gasteiger partial charge in [0.1, 0.15) is 0 Å². The van der Waals surface area contributed by atoms with Crippen LogP contribution in [0.25, 0.3) is 0 Å². The predicted molar refractivity (Wildman–Crippen MR) is 125 cm³/mol. The Morgan fingerprint density at radius 3 is 1.18 bits per heavy atom. The van der Waals surface area contributed by atoms with E-state index in [1.807, 2.05) is 0 Å². The van der Waals surface area contributed by atoms with Crippen LogP contribution >= 0.6 is 0 Å². The standard InChI is InChI=1S/C29H41NO3/c31-25(24-4-2-1-3-5-24)30(26(32)28-12-18-6-19(13-28)8-20(7-18)14-28)27(33)29-15-21-9-22(16-29)11-23(10-21)17-29/h18-24H,1-17H2. The third-order valence-electron chi connectivity index (χ3n) is 11.6. The van der Waals surface area contributed by atoms with Crippen LogP contribution in [0.3, 0.4) is 0 Å². The van der Waals surface area contributed by atoms with E-state index in [-0.39, 0.29) is 23.6 Å². The smallest absolute Gasteiger partial charge is 0.242 e. The molecule has 3 amide bonds. The Hall–Kier alpha value is -1.19. The van der Waals surface area contributed by atoms with E-state index >= 15 is 0 Å². The van der Waals surface area contributed by atoms with E-state index in [1.165, 1.54) is 49.8 Å². The van der Waals surface area contributed by atoms with Crippen molar-refractivity contribution < 1.29 is 14.4 Å². The molecule has 9 fully saturated rings. The normalized spacial score (nSPS) is 47.6. The summed E-state index contributed by atoms with van der Waals surface area (Å²) in [6, 6.07) is 0. The third kappa shape index (κ3) is 3.24. The number of imide groups is 3. The lowest BCUT2D eigenvalue weighted by Crippen LogP contribution is -2.62. The Balaban J connectivity index is 1.24. The molecule has 4 nitrogen and oxygen atoms in total. The number of hydrogen-bond acceptors (Lipinski definition) is 3. The summed E-state index contributed by atoms with van der Waals surface area (Å²) in [5.74, 6) is 3.54. The van der Waals surface area contributed by atoms with Crippen molar-refractivity contribution in [1.82, 2.24) is 4.90 Å². The van der Waals surface area contributed by atoms with Crippen molar-refractivity contribution in [2.24, 2.45) is 52.3 Å². The van der Waals surface area contributed by atoms with Crippen LogP contribution in [0.15, 0.2) is 0 Å². The number of carbonyl (C=O) groups excluding carboxylic acids is 3. The molecule has 0 aromatic carbocycles. The molecule has 0 heterocycles. The van der Waals surface area contributed by atoms with Crippen molar-refractivity contribution in [2.75, 3.05) is 0 Å². The first-order valence-corrected chi connectivity index (χ1v) is 14.4. The van der Waals surface area contributed by atoms with Gasteiger partial charge >= 0.3 is 0 Å². The molecule has 0 aromatic rings. The summed E-state index contributed by atoms with van der Waals surface area (Å²) in [6.07, 6.45) is 18.2. The van der Waals surface area contributed by atoms with Crippen molar-refractivity contribution in [3.8, 4) is 0 Å². The molecule has 0 radical (unpaired) electrons. The Morgan fingerprint density at radius 1 is 0.515 bits per heavy atom. The van der Waals surface area contributed by atoms with E-state index in [0.717, 1.165) is 64.2 Å². The second-order valence-corrected chi connectivity index (χ2v) is 14.0. The van der Waals surface area contributed by atoms with Crippen molar-refractivity contribution in [3.05, 3.63) is 0 Å². The molecule has 33 heavy (non-hydrogen) atoms. The zero-order valence-corrected chi connectivity index (χ0v) is 20.2. The topological polar surface area (TPSA) is 54.5 Å². The highest BCUT2D eigenvalue weighted by Gasteiger charge is 2.61. The van der Waals surface area contributed by atoms with Crippen LogP contribution in [0.5, 0.6) is 0 Å². The molecule has 8 bridgehead atoms. The van der Waals surface area contributed by atoms with Gasteiger partial charge in [-0.15, -0.1) is 0 Å². The minimum Gasteiger partial charge on any atom is -0.274 e. The first-order valence-electron chi connectivity index (χ1n) is 14.4. The molecule has 0 aromatic heterocycles. The maximum Gasteiger partial charge on any atom is 0.242 e. The minimum atomic E-state index is -0.420. The monoisotopic (exact) mass is 451 g/mol. The summed E-state index contributed by atoms with van der Waals surface area (Å²) >= 11 is 0. The van der Waals surface area contributed by atoms with E-state index in [4.69, 9.17) is 0 Å². The van der Waals surface area contributed by atoms with Crippen LogP contribution in [0.2, 0.25) is 0 Å². The fraction of sp³-hybridized carbons (Fsp3) is 0.897. The number of nitrogens with zero attached hydrogens (tertiary/aromatic N) is 1. The summed E-state index contributed by atoms with van der Waals surface area (Å²) in [7, 11) is 0. The van der Waals surface area contributed by atoms with Crippen molar-refractivity contribution >= 4 is 17.7 Å². The van der Waals surface area contributed by atoms with Crippen LogP contribution < -0.4 is 0 Å². The fourth-order valence-corrected chi connectivity index (χ4v) is 11.0. The van der Waals surface area contributed by atoms with Gasteiger partial charge in [0.25, 0.3) is 0 Å². The van der Waals surface area contributed by atoms with Crippen LogP contribution in [-0.2, 0) is 14.4 Å². The lowest BCUT2D eigenvalue weighted by atomic mass is 9.48. The number of rotatable bonds is 3. The van der Waals surface area contributed by atoms with Gasteiger partial charge in [-0.3, -0.25) is 14.4 Å². The fourth-order valence-electron chi connectivity index (χ4n) is 11.0. The van der Waals surface area contributed by atoms with Crippen molar-refractivity contribution in [3.63, 3.8) is 0 Å². The van der Waals surface area contributed by atoms with Gasteiger partial charge in [0, 0.05) is 5.92 Å². The zero-order valence-electron chi connectivity index (χ0n) is 20.2. The molecular weight excluding hydrogens is 410 g/mol. The largest absolute Gasteiger partial charge is 0.274 e. The Labute approximate surface area is 198 Å². The molecule has 0 spiro atoms. The Kier molecular flexibility index (Phi) is 4.74. The van der Waals surface area contributed by atoms with Gasteiger partial charge in [0.15, 0.2) is 0 Å². The molecule has 0 atom stereocenters. The molecule has 9 aliphatic rings. The maximum absolute atomic E-state index is 14.5. The third-order valence-corrected chi connectivity index (χ3v) is 11.6. The lowest BCUT2D eigenvalue weighted by molar-refractivity contribution is -0.179. The quantitative estimate of drug-likeness (QED) is 0.503. The molecule has 180 valence electrons. The van der Waals surface area contributed by atoms with Crippen molar-refractivity contribution in [2.45, 2.75) is 109 Å². The molecule has 9 rings (SSSR count). The lowest BCUT2D eigenvalue weighted by Gasteiger charge is -2.58. The zero-order chi connectivity index (χ0) is 22.4. The van der Waals surface area contributed by atoms with Gasteiger partial charge in [-0.1, -0.05) is 19.3 Å². The summed E-state index contributed by atoms with van der Waals surface area (Å²) in [4.78, 5) is 44.4. The van der Waals surface area contributed by atoms with Gasteiger partial charge in [0.2, 0.25) is 17.7 Å². The molecule has 9 aliphatic carbocycles. The average Bonchev–Trinajstić information content (AvgIpc) is 2.78. The highest BCUT2D eigenvalue weighted by atomic mass is 16.2. The molecular formula is C29H41NO3. The molecule has 0 aliphatic heterocycles. The number of hydrogen-bond donors (Lipinski definition) is 0. The summed E-state index contributed by atoms with van der Waals surface area (Å²) < 4.78 is 0. The number of carbonyl (C=O) groups is 3. The van der Waals surface area contributed by atoms with E-state index < -0.39 is 10.8 Å². The van der Waals surface area contributed by atoms with Crippen LogP contribution in [0, 0.1) is 52.3 Å². The minimum absolute atomic E-state index is 0.0436. The summed E-state index contributed by atoms with van der Waals surface area (Å²) in [5.41, 5.74) is -0.839. The van der Waals surface area contributed by atoms with Gasteiger partial charge in [-0.25, -0.2) is 4.90 Å². The Bertz CT molecular complexity index is 742. The highest BCUT2D eigenvalue weighted by molar-refractivity contribution is 6.14. The molecule has 0 N–H and O–H groups in total. The first kappa shape index (κ1) is 21.1. The van der Waals surface area contributed by atoms with E-state index in [0.29, 0.717) is 35.5 Å². The first-order chi connectivity index (χ1) is 15.9. The van der Waals surface area contributed by atoms with Crippen LogP contribution in [-0.4, -0.2) is 22.6 Å². The van der Waals surface area contributed by atoms with Crippen molar-refractivity contribution in [1.29, 1.82) is 0 Å². The summed E-state index contributed by atoms with van der Waals surface area (Å²) in [5, 5.41) is 0. The maximum atomic E-state index is 14.5. The van der Waals surface area contributed by atoms with Crippen LogP contribution in [0.1, 0.15) is 109 Å². The van der Waals surface area contributed by atoms with E-state index in [1.54, 1.807) is 0 Å². The second-order valence-electron chi connectivity index (χ2n) is 14.0. The molecule has 4 heteroatoms. The summed E-state index contributed by atoms with van der Waals surface area (Å²) in [6.45, 7) is 0. The van der Waals surface area contributed by atoms with Gasteiger partial charge in [-0.05, 0) is 125 Å². The number of amides is 3. The average molecular weight is 452 g/mol. The molecule has 0 unspecified atom stereocenters. The van der Waals surface area contributed by atoms with Crippen LogP contribution in [0.4, 0.5) is 0 Å². The van der Waals surface area contributed by atoms with Gasteiger partial charge in [0.05, 0.1) is 10.8 Å². The van der Waals surface area contributed by atoms with E-state index in [9.17, 15) is 14.4 Å². The highest BCUT2D eigenvalue weighted by Crippen LogP contribution is 2.63. The van der Waals surface area contributed by atoms with Gasteiger partial charge < -0.3 is 0 Å². The predicted octanol–water partition coefficient (Wildman–Crippen LogP) is 5.88. The second kappa shape index (κ2) is 7.40. The molecule has 0 saturated heterocycles. The Morgan fingerprint density at radius 2 is 0.848 bits per heavy atom. The SMILES string of the molecule is O=C(C1CCCCC1)N(C(=O)C12CC3CC(CC(C3)C1)C2)C(=O)C12CC3CC(CC(C3)C1)C2. The van der Waals surface area contributed by atoms with Gasteiger partial charge in [-0.2, -0.15) is 0 Å².